The zero-order valence-electron chi connectivity index (χ0n) is 22.3. The Morgan fingerprint density at radius 1 is 0.946 bits per heavy atom. The van der Waals surface area contributed by atoms with Crippen molar-refractivity contribution in [2.45, 2.75) is 72.3 Å². The minimum Gasteiger partial charge on any atom is -0.489 e. The number of hydrogen-bond donors (Lipinski definition) is 1. The van der Waals surface area contributed by atoms with Gasteiger partial charge in [0.15, 0.2) is 0 Å². The third-order valence-electron chi connectivity index (χ3n) is 5.23. The molecule has 198 valence electrons. The maximum Gasteiger partial charge on any atom is 0.436 e. The standard InChI is InChI=1S/C28H35N3O6/c1-27(2,3)36-24(33)16-31-15-20-11-12-22(13-21(20)14-23(31)32)35-17-18-7-9-19(10-8-18)25(29)30-26(34)37-28(4,5)6/h7-13H,14-17H2,1-6H3,(H2,29,30,34). The van der Waals surface area contributed by atoms with Crippen molar-refractivity contribution in [3.8, 4) is 5.75 Å². The Morgan fingerprint density at radius 2 is 1.59 bits per heavy atom. The topological polar surface area (TPSA) is 121 Å². The summed E-state index contributed by atoms with van der Waals surface area (Å²) in [5.74, 6) is 0.161. The van der Waals surface area contributed by atoms with Crippen LogP contribution >= 0.6 is 0 Å². The maximum absolute atomic E-state index is 12.6. The first-order chi connectivity index (χ1) is 17.2. The lowest BCUT2D eigenvalue weighted by Crippen LogP contribution is -2.41. The van der Waals surface area contributed by atoms with Crippen molar-refractivity contribution < 1.29 is 28.6 Å². The molecule has 0 radical (unpaired) electrons. The van der Waals surface area contributed by atoms with Gasteiger partial charge in [-0.05, 0) is 70.4 Å². The number of carbonyl (C=O) groups is 3. The van der Waals surface area contributed by atoms with E-state index in [4.69, 9.17) is 19.9 Å². The summed E-state index contributed by atoms with van der Waals surface area (Å²) < 4.78 is 16.4. The van der Waals surface area contributed by atoms with Gasteiger partial charge in [-0.25, -0.2) is 4.79 Å². The minimum absolute atomic E-state index is 0.0711. The first kappa shape index (κ1) is 27.7. The fourth-order valence-electron chi connectivity index (χ4n) is 3.64. The van der Waals surface area contributed by atoms with Crippen LogP contribution in [0, 0.1) is 0 Å². The molecule has 9 heteroatoms. The first-order valence-electron chi connectivity index (χ1n) is 12.1. The normalized spacial score (nSPS) is 14.2. The van der Waals surface area contributed by atoms with Gasteiger partial charge in [-0.2, -0.15) is 4.99 Å². The van der Waals surface area contributed by atoms with Crippen molar-refractivity contribution >= 4 is 23.8 Å². The van der Waals surface area contributed by atoms with E-state index in [1.165, 1.54) is 4.90 Å². The monoisotopic (exact) mass is 509 g/mol. The second kappa shape index (κ2) is 11.0. The Morgan fingerprint density at radius 3 is 2.22 bits per heavy atom. The van der Waals surface area contributed by atoms with Crippen molar-refractivity contribution in [3.05, 3.63) is 64.7 Å². The number of nitrogens with two attached hydrogens (primary N) is 1. The van der Waals surface area contributed by atoms with E-state index >= 15 is 0 Å². The number of carbonyl (C=O) groups excluding carboxylic acids is 3. The van der Waals surface area contributed by atoms with Crippen LogP contribution in [0.25, 0.3) is 0 Å². The predicted molar refractivity (Wildman–Crippen MR) is 139 cm³/mol. The van der Waals surface area contributed by atoms with Crippen molar-refractivity contribution in [1.82, 2.24) is 4.90 Å². The molecular formula is C28H35N3O6. The van der Waals surface area contributed by atoms with Gasteiger partial charge in [0.2, 0.25) is 5.91 Å². The van der Waals surface area contributed by atoms with Gasteiger partial charge in [-0.15, -0.1) is 0 Å². The van der Waals surface area contributed by atoms with Crippen LogP contribution in [0.1, 0.15) is 63.8 Å². The molecule has 2 aromatic carbocycles. The summed E-state index contributed by atoms with van der Waals surface area (Å²) in [6.45, 7) is 11.2. The molecule has 1 aliphatic rings. The molecule has 0 fully saturated rings. The van der Waals surface area contributed by atoms with Crippen LogP contribution in [0.15, 0.2) is 47.5 Å². The smallest absolute Gasteiger partial charge is 0.436 e. The van der Waals surface area contributed by atoms with Gasteiger partial charge in [0, 0.05) is 12.1 Å². The van der Waals surface area contributed by atoms with E-state index < -0.39 is 23.3 Å². The molecule has 0 aliphatic carbocycles. The SMILES string of the molecule is CC(C)(C)OC(=O)CN1Cc2ccc(OCc3ccc(/C(N)=N/C(=O)OC(C)(C)C)cc3)cc2CC1=O. The number of benzene rings is 2. The number of fused-ring (bicyclic) bond motifs is 1. The van der Waals surface area contributed by atoms with Crippen LogP contribution in [0.4, 0.5) is 4.79 Å². The summed E-state index contributed by atoms with van der Waals surface area (Å²) in [5.41, 5.74) is 8.03. The zero-order chi connectivity index (χ0) is 27.4. The summed E-state index contributed by atoms with van der Waals surface area (Å²) in [6.07, 6.45) is -0.545. The van der Waals surface area contributed by atoms with Crippen LogP contribution in [-0.2, 0) is 38.6 Å². The molecule has 0 saturated heterocycles. The second-order valence-corrected chi connectivity index (χ2v) is 10.9. The molecule has 0 aromatic heterocycles. The highest BCUT2D eigenvalue weighted by Gasteiger charge is 2.27. The van der Waals surface area contributed by atoms with Gasteiger partial charge in [-0.1, -0.05) is 30.3 Å². The van der Waals surface area contributed by atoms with E-state index in [1.54, 1.807) is 53.7 Å². The lowest BCUT2D eigenvalue weighted by atomic mass is 9.99. The van der Waals surface area contributed by atoms with Crippen LogP contribution < -0.4 is 10.5 Å². The average Bonchev–Trinajstić information content (AvgIpc) is 2.76. The molecule has 1 heterocycles. The van der Waals surface area contributed by atoms with Crippen molar-refractivity contribution in [2.75, 3.05) is 6.54 Å². The quantitative estimate of drug-likeness (QED) is 0.353. The fraction of sp³-hybridized carbons (Fsp3) is 0.429. The van der Waals surface area contributed by atoms with Crippen molar-refractivity contribution in [1.29, 1.82) is 0 Å². The molecule has 2 aromatic rings. The lowest BCUT2D eigenvalue weighted by Gasteiger charge is -2.29. The Labute approximate surface area is 217 Å². The van der Waals surface area contributed by atoms with E-state index in [1.807, 2.05) is 30.3 Å². The molecule has 3 rings (SSSR count). The van der Waals surface area contributed by atoms with Crippen LogP contribution in [0.5, 0.6) is 5.75 Å². The van der Waals surface area contributed by atoms with Gasteiger partial charge in [0.25, 0.3) is 0 Å². The molecule has 9 nitrogen and oxygen atoms in total. The number of nitrogens with zero attached hydrogens (tertiary/aromatic N) is 2. The van der Waals surface area contributed by atoms with E-state index in [9.17, 15) is 14.4 Å². The highest BCUT2D eigenvalue weighted by Crippen LogP contribution is 2.25. The molecule has 0 unspecified atom stereocenters. The Bertz CT molecular complexity index is 1190. The number of aliphatic imine (C=N–C) groups is 1. The largest absolute Gasteiger partial charge is 0.489 e. The number of amides is 2. The number of esters is 1. The van der Waals surface area contributed by atoms with Gasteiger partial charge in [-0.3, -0.25) is 9.59 Å². The highest BCUT2D eigenvalue weighted by molar-refractivity contribution is 6.02. The third-order valence-corrected chi connectivity index (χ3v) is 5.23. The highest BCUT2D eigenvalue weighted by atomic mass is 16.6. The Balaban J connectivity index is 1.57. The molecule has 0 saturated carbocycles. The summed E-state index contributed by atoms with van der Waals surface area (Å²) >= 11 is 0. The summed E-state index contributed by atoms with van der Waals surface area (Å²) in [5, 5.41) is 0. The fourth-order valence-corrected chi connectivity index (χ4v) is 3.64. The summed E-state index contributed by atoms with van der Waals surface area (Å²) in [7, 11) is 0. The second-order valence-electron chi connectivity index (χ2n) is 10.9. The molecule has 2 amide bonds. The molecule has 1 aliphatic heterocycles. The van der Waals surface area contributed by atoms with Crippen molar-refractivity contribution in [3.63, 3.8) is 0 Å². The Kier molecular flexibility index (Phi) is 8.25. The number of ether oxygens (including phenoxy) is 3. The van der Waals surface area contributed by atoms with Gasteiger partial charge in [0.1, 0.15) is 35.9 Å². The summed E-state index contributed by atoms with van der Waals surface area (Å²) in [4.78, 5) is 41.9. The maximum atomic E-state index is 12.6. The van der Waals surface area contributed by atoms with E-state index in [0.29, 0.717) is 24.5 Å². The molecule has 37 heavy (non-hydrogen) atoms. The number of rotatable bonds is 6. The predicted octanol–water partition coefficient (Wildman–Crippen LogP) is 4.13. The molecule has 2 N–H and O–H groups in total. The average molecular weight is 510 g/mol. The zero-order valence-corrected chi connectivity index (χ0v) is 22.3. The molecule has 0 spiro atoms. The molecule has 0 bridgehead atoms. The third kappa shape index (κ3) is 8.63. The van der Waals surface area contributed by atoms with Gasteiger partial charge >= 0.3 is 12.1 Å². The Hall–Kier alpha value is -3.88. The van der Waals surface area contributed by atoms with E-state index in [2.05, 4.69) is 4.99 Å². The number of hydrogen-bond acceptors (Lipinski definition) is 6. The van der Waals surface area contributed by atoms with Crippen molar-refractivity contribution in [2.24, 2.45) is 10.7 Å². The van der Waals surface area contributed by atoms with Crippen LogP contribution in [0.3, 0.4) is 0 Å². The summed E-state index contributed by atoms with van der Waals surface area (Å²) in [6, 6.07) is 12.8. The van der Waals surface area contributed by atoms with Crippen LogP contribution in [0.2, 0.25) is 0 Å². The van der Waals surface area contributed by atoms with Gasteiger partial charge < -0.3 is 24.8 Å². The lowest BCUT2D eigenvalue weighted by molar-refractivity contribution is -0.159. The first-order valence-corrected chi connectivity index (χ1v) is 12.1. The van der Waals surface area contributed by atoms with Gasteiger partial charge in [0.05, 0.1) is 6.42 Å². The van der Waals surface area contributed by atoms with E-state index in [-0.39, 0.29) is 24.7 Å². The van der Waals surface area contributed by atoms with E-state index in [0.717, 1.165) is 16.7 Å². The molecule has 0 atom stereocenters. The minimum atomic E-state index is -0.740. The molecular weight excluding hydrogens is 474 g/mol. The van der Waals surface area contributed by atoms with Crippen LogP contribution in [-0.4, -0.2) is 46.5 Å². The number of amidine groups is 1.